The predicted octanol–water partition coefficient (Wildman–Crippen LogP) is 2.47. The molecule has 1 heterocycles. The summed E-state index contributed by atoms with van der Waals surface area (Å²) in [6.45, 7) is 1.83. The van der Waals surface area contributed by atoms with E-state index in [9.17, 15) is 18.5 Å². The normalized spacial score (nSPS) is 11.3. The third-order valence-corrected chi connectivity index (χ3v) is 4.78. The third kappa shape index (κ3) is 3.40. The highest BCUT2D eigenvalue weighted by atomic mass is 32.2. The Kier molecular flexibility index (Phi) is 4.43. The highest BCUT2D eigenvalue weighted by molar-refractivity contribution is 7.87. The van der Waals surface area contributed by atoms with Crippen LogP contribution in [0.2, 0.25) is 0 Å². The maximum atomic E-state index is 12.4. The van der Waals surface area contributed by atoms with Crippen LogP contribution in [0.25, 0.3) is 11.4 Å². The molecular formula is C16H14N4O5S. The van der Waals surface area contributed by atoms with E-state index in [-0.39, 0.29) is 28.0 Å². The van der Waals surface area contributed by atoms with Crippen molar-refractivity contribution in [3.8, 4) is 17.4 Å². The van der Waals surface area contributed by atoms with E-state index in [0.29, 0.717) is 0 Å². The zero-order valence-corrected chi connectivity index (χ0v) is 14.7. The number of nitrogens with zero attached hydrogens (tertiary/aromatic N) is 4. The van der Waals surface area contributed by atoms with Crippen LogP contribution in [0.3, 0.4) is 0 Å². The first-order valence-electron chi connectivity index (χ1n) is 7.44. The summed E-state index contributed by atoms with van der Waals surface area (Å²) in [5, 5.41) is 15.2. The molecule has 0 saturated carbocycles. The lowest BCUT2D eigenvalue weighted by molar-refractivity contribution is -0.384. The van der Waals surface area contributed by atoms with Crippen LogP contribution >= 0.6 is 0 Å². The van der Waals surface area contributed by atoms with Gasteiger partial charge in [-0.2, -0.15) is 13.4 Å². The van der Waals surface area contributed by atoms with Crippen LogP contribution in [-0.2, 0) is 17.2 Å². The van der Waals surface area contributed by atoms with E-state index in [1.54, 1.807) is 18.2 Å². The largest absolute Gasteiger partial charge is 0.341 e. The van der Waals surface area contributed by atoms with Crippen LogP contribution in [0.1, 0.15) is 5.56 Å². The number of aromatic nitrogens is 3. The summed E-state index contributed by atoms with van der Waals surface area (Å²) in [6.07, 6.45) is 0. The molecule has 0 amide bonds. The van der Waals surface area contributed by atoms with Crippen molar-refractivity contribution < 1.29 is 17.5 Å². The minimum Gasteiger partial charge on any atom is -0.340 e. The highest BCUT2D eigenvalue weighted by Crippen LogP contribution is 2.28. The number of benzene rings is 2. The van der Waals surface area contributed by atoms with Gasteiger partial charge >= 0.3 is 16.1 Å². The average Bonchev–Trinajstić information content (AvgIpc) is 2.95. The molecule has 0 saturated heterocycles. The molecule has 0 radical (unpaired) electrons. The van der Waals surface area contributed by atoms with Gasteiger partial charge in [0.25, 0.3) is 5.69 Å². The second kappa shape index (κ2) is 6.56. The van der Waals surface area contributed by atoms with Gasteiger partial charge < -0.3 is 4.18 Å². The lowest BCUT2D eigenvalue weighted by atomic mass is 10.2. The number of nitro groups is 1. The van der Waals surface area contributed by atoms with Crippen molar-refractivity contribution in [3.63, 3.8) is 0 Å². The number of hydrogen-bond donors (Lipinski definition) is 0. The molecule has 10 heteroatoms. The zero-order chi connectivity index (χ0) is 18.9. The molecular weight excluding hydrogens is 360 g/mol. The number of hydrogen-bond acceptors (Lipinski definition) is 7. The molecule has 1 aromatic heterocycles. The van der Waals surface area contributed by atoms with E-state index in [2.05, 4.69) is 10.1 Å². The summed E-state index contributed by atoms with van der Waals surface area (Å²) in [5.74, 6) is -0.00564. The molecule has 3 aromatic rings. The van der Waals surface area contributed by atoms with Gasteiger partial charge in [-0.1, -0.05) is 29.8 Å². The lowest BCUT2D eigenvalue weighted by Gasteiger charge is -2.05. The van der Waals surface area contributed by atoms with Crippen molar-refractivity contribution in [2.24, 2.45) is 7.05 Å². The van der Waals surface area contributed by atoms with Crippen LogP contribution in [0, 0.1) is 17.0 Å². The van der Waals surface area contributed by atoms with E-state index >= 15 is 0 Å². The third-order valence-electron chi connectivity index (χ3n) is 3.56. The van der Waals surface area contributed by atoms with E-state index in [1.807, 2.05) is 6.92 Å². The van der Waals surface area contributed by atoms with E-state index in [1.165, 1.54) is 37.4 Å². The van der Waals surface area contributed by atoms with Crippen molar-refractivity contribution in [3.05, 3.63) is 64.2 Å². The maximum absolute atomic E-state index is 12.4. The van der Waals surface area contributed by atoms with Gasteiger partial charge in [0.05, 0.1) is 10.5 Å². The fourth-order valence-corrected chi connectivity index (χ4v) is 3.14. The SMILES string of the molecule is Cc1ccc(S(=O)(=O)Oc2nc(-c3ccccc3[N+](=O)[O-])nn2C)cc1. The molecule has 0 bridgehead atoms. The number of para-hydroxylation sites is 1. The standard InChI is InChI=1S/C16H14N4O5S/c1-11-7-9-12(10-8-11)26(23,24)25-16-17-15(18-19(16)2)13-5-3-4-6-14(13)20(21)22/h3-10H,1-2H3. The summed E-state index contributed by atoms with van der Waals surface area (Å²) in [4.78, 5) is 14.6. The molecule has 0 aliphatic carbocycles. The minimum absolute atomic E-state index is 0.00564. The Bertz CT molecular complexity index is 1070. The van der Waals surface area contributed by atoms with Gasteiger partial charge in [-0.15, -0.1) is 5.10 Å². The summed E-state index contributed by atoms with van der Waals surface area (Å²) in [7, 11) is -2.67. The monoisotopic (exact) mass is 374 g/mol. The van der Waals surface area contributed by atoms with E-state index in [0.717, 1.165) is 10.2 Å². The first-order valence-corrected chi connectivity index (χ1v) is 8.85. The topological polar surface area (TPSA) is 117 Å². The second-order valence-corrected chi connectivity index (χ2v) is 7.01. The van der Waals surface area contributed by atoms with Crippen molar-refractivity contribution >= 4 is 15.8 Å². The van der Waals surface area contributed by atoms with Crippen LogP contribution in [0.4, 0.5) is 5.69 Å². The maximum Gasteiger partial charge on any atom is 0.341 e. The lowest BCUT2D eigenvalue weighted by Crippen LogP contribution is -2.12. The number of nitro benzene ring substituents is 1. The molecule has 2 aromatic carbocycles. The Labute approximate surface area is 149 Å². The number of aryl methyl sites for hydroxylation is 2. The molecule has 9 nitrogen and oxygen atoms in total. The Balaban J connectivity index is 1.97. The van der Waals surface area contributed by atoms with Gasteiger partial charge in [0.2, 0.25) is 0 Å². The molecule has 134 valence electrons. The first kappa shape index (κ1) is 17.5. The fraction of sp³-hybridized carbons (Fsp3) is 0.125. The quantitative estimate of drug-likeness (QED) is 0.382. The summed E-state index contributed by atoms with van der Waals surface area (Å²) in [5.41, 5.74) is 0.878. The molecule has 0 unspecified atom stereocenters. The summed E-state index contributed by atoms with van der Waals surface area (Å²) >= 11 is 0. The van der Waals surface area contributed by atoms with Gasteiger partial charge in [-0.3, -0.25) is 10.1 Å². The molecule has 0 N–H and O–H groups in total. The van der Waals surface area contributed by atoms with Gasteiger partial charge in [-0.25, -0.2) is 4.68 Å². The van der Waals surface area contributed by atoms with E-state index in [4.69, 9.17) is 4.18 Å². The fourth-order valence-electron chi connectivity index (χ4n) is 2.23. The molecule has 0 spiro atoms. The molecule has 0 atom stereocenters. The second-order valence-electron chi connectivity index (χ2n) is 5.47. The Hall–Kier alpha value is -3.27. The summed E-state index contributed by atoms with van der Waals surface area (Å²) in [6, 6.07) is 11.7. The van der Waals surface area contributed by atoms with Crippen molar-refractivity contribution in [1.29, 1.82) is 0 Å². The Morgan fingerprint density at radius 2 is 1.77 bits per heavy atom. The Morgan fingerprint density at radius 3 is 2.42 bits per heavy atom. The first-order chi connectivity index (χ1) is 12.3. The van der Waals surface area contributed by atoms with Gasteiger partial charge in [0.1, 0.15) is 4.90 Å². The molecule has 0 fully saturated rings. The minimum atomic E-state index is -4.11. The predicted molar refractivity (Wildman–Crippen MR) is 92.1 cm³/mol. The molecule has 26 heavy (non-hydrogen) atoms. The smallest absolute Gasteiger partial charge is 0.340 e. The van der Waals surface area contributed by atoms with E-state index < -0.39 is 15.0 Å². The van der Waals surface area contributed by atoms with Crippen LogP contribution in [0.15, 0.2) is 53.4 Å². The van der Waals surface area contributed by atoms with Crippen LogP contribution in [0.5, 0.6) is 6.01 Å². The van der Waals surface area contributed by atoms with Gasteiger partial charge in [-0.05, 0) is 25.1 Å². The van der Waals surface area contributed by atoms with Gasteiger partial charge in [0, 0.05) is 13.1 Å². The van der Waals surface area contributed by atoms with Crippen molar-refractivity contribution in [2.75, 3.05) is 0 Å². The Morgan fingerprint density at radius 1 is 1.12 bits per heavy atom. The highest BCUT2D eigenvalue weighted by Gasteiger charge is 2.24. The molecule has 0 aliphatic rings. The molecule has 3 rings (SSSR count). The van der Waals surface area contributed by atoms with Crippen molar-refractivity contribution in [1.82, 2.24) is 14.8 Å². The average molecular weight is 374 g/mol. The van der Waals surface area contributed by atoms with Crippen molar-refractivity contribution in [2.45, 2.75) is 11.8 Å². The molecule has 0 aliphatic heterocycles. The number of rotatable bonds is 5. The van der Waals surface area contributed by atoms with Gasteiger partial charge in [0.15, 0.2) is 5.82 Å². The summed E-state index contributed by atoms with van der Waals surface area (Å²) < 4.78 is 30.9. The van der Waals surface area contributed by atoms with Crippen LogP contribution in [-0.4, -0.2) is 28.1 Å². The zero-order valence-electron chi connectivity index (χ0n) is 13.9. The van der Waals surface area contributed by atoms with Crippen LogP contribution < -0.4 is 4.18 Å².